The lowest BCUT2D eigenvalue weighted by molar-refractivity contribution is -0.118. The molecule has 3 rings (SSSR count). The number of hydrogen-bond donors (Lipinski definition) is 1. The van der Waals surface area contributed by atoms with E-state index >= 15 is 0 Å². The van der Waals surface area contributed by atoms with Gasteiger partial charge in [-0.25, -0.2) is 19.2 Å². The summed E-state index contributed by atoms with van der Waals surface area (Å²) in [5.74, 6) is 1.61. The van der Waals surface area contributed by atoms with E-state index in [4.69, 9.17) is 16.3 Å². The van der Waals surface area contributed by atoms with Crippen LogP contribution in [0.2, 0.25) is 5.02 Å². The van der Waals surface area contributed by atoms with Crippen LogP contribution in [0.1, 0.15) is 39.9 Å². The predicted molar refractivity (Wildman–Crippen MR) is 145 cm³/mol. The standard InChI is InChI=1S/C26H23ClF2N4O2S2/c1-16-9-22(25(28)29)32-26(21(16)11-30)37-14-19-10-18(5-8-23(19)35-2)12-31-33-24(34)15-36-13-17-3-6-20(27)7-4-17/h3-10,12,25H,13-15H2,1-2H3,(H,33,34)/b31-12-. The second-order valence-corrected chi connectivity index (χ2v) is 10.1. The van der Waals surface area contributed by atoms with Crippen LogP contribution in [0.25, 0.3) is 0 Å². The van der Waals surface area contributed by atoms with Crippen LogP contribution >= 0.6 is 35.1 Å². The highest BCUT2D eigenvalue weighted by Crippen LogP contribution is 2.32. The molecule has 0 aliphatic heterocycles. The maximum Gasteiger partial charge on any atom is 0.280 e. The van der Waals surface area contributed by atoms with Gasteiger partial charge < -0.3 is 4.74 Å². The van der Waals surface area contributed by atoms with E-state index in [1.807, 2.05) is 36.4 Å². The van der Waals surface area contributed by atoms with Crippen molar-refractivity contribution in [2.75, 3.05) is 12.9 Å². The number of nitrogens with one attached hydrogen (secondary N) is 1. The molecule has 0 aliphatic carbocycles. The van der Waals surface area contributed by atoms with Crippen LogP contribution in [-0.2, 0) is 16.3 Å². The Balaban J connectivity index is 1.61. The fourth-order valence-electron chi connectivity index (χ4n) is 3.21. The molecule has 37 heavy (non-hydrogen) atoms. The largest absolute Gasteiger partial charge is 0.496 e. The average Bonchev–Trinajstić information content (AvgIpc) is 2.88. The van der Waals surface area contributed by atoms with Gasteiger partial charge in [0.25, 0.3) is 6.43 Å². The van der Waals surface area contributed by atoms with Gasteiger partial charge in [0, 0.05) is 22.1 Å². The number of carbonyl (C=O) groups excluding carboxylic acids is 1. The number of pyridine rings is 1. The number of ether oxygens (including phenoxy) is 1. The van der Waals surface area contributed by atoms with Gasteiger partial charge in [0.1, 0.15) is 22.5 Å². The van der Waals surface area contributed by atoms with Gasteiger partial charge in [0.15, 0.2) is 0 Å². The smallest absolute Gasteiger partial charge is 0.280 e. The van der Waals surface area contributed by atoms with Gasteiger partial charge in [-0.1, -0.05) is 23.7 Å². The van der Waals surface area contributed by atoms with E-state index in [0.29, 0.717) is 33.4 Å². The van der Waals surface area contributed by atoms with Crippen molar-refractivity contribution >= 4 is 47.2 Å². The molecule has 0 saturated carbocycles. The van der Waals surface area contributed by atoms with Gasteiger partial charge >= 0.3 is 0 Å². The lowest BCUT2D eigenvalue weighted by atomic mass is 10.1. The maximum atomic E-state index is 13.2. The lowest BCUT2D eigenvalue weighted by Crippen LogP contribution is -2.19. The van der Waals surface area contributed by atoms with E-state index in [-0.39, 0.29) is 27.9 Å². The van der Waals surface area contributed by atoms with Gasteiger partial charge in [-0.05, 0) is 60.0 Å². The highest BCUT2D eigenvalue weighted by Gasteiger charge is 2.17. The van der Waals surface area contributed by atoms with Crippen LogP contribution in [0.4, 0.5) is 8.78 Å². The van der Waals surface area contributed by atoms with Gasteiger partial charge in [-0.3, -0.25) is 4.79 Å². The lowest BCUT2D eigenvalue weighted by Gasteiger charge is -2.11. The van der Waals surface area contributed by atoms with E-state index in [1.165, 1.54) is 42.9 Å². The minimum Gasteiger partial charge on any atom is -0.496 e. The summed E-state index contributed by atoms with van der Waals surface area (Å²) in [6.07, 6.45) is -1.22. The first-order valence-corrected chi connectivity index (χ1v) is 13.5. The second kappa shape index (κ2) is 14.0. The zero-order valence-electron chi connectivity index (χ0n) is 20.0. The summed E-state index contributed by atoms with van der Waals surface area (Å²) in [6.45, 7) is 1.61. The van der Waals surface area contributed by atoms with Gasteiger partial charge in [-0.2, -0.15) is 10.4 Å². The van der Waals surface area contributed by atoms with Crippen molar-refractivity contribution in [1.82, 2.24) is 10.4 Å². The molecule has 0 saturated heterocycles. The molecule has 1 N–H and O–H groups in total. The van der Waals surface area contributed by atoms with Crippen molar-refractivity contribution in [3.63, 3.8) is 0 Å². The molecule has 0 radical (unpaired) electrons. The summed E-state index contributed by atoms with van der Waals surface area (Å²) in [6, 6.07) is 16.1. The molecule has 3 aromatic rings. The Morgan fingerprint density at radius 2 is 2.00 bits per heavy atom. The summed E-state index contributed by atoms with van der Waals surface area (Å²) >= 11 is 8.51. The van der Waals surface area contributed by atoms with Crippen LogP contribution in [0.5, 0.6) is 5.75 Å². The number of thioether (sulfide) groups is 2. The molecule has 0 fully saturated rings. The molecule has 1 heterocycles. The molecule has 0 atom stereocenters. The summed E-state index contributed by atoms with van der Waals surface area (Å²) in [5.41, 5.74) is 5.39. The average molecular weight is 561 g/mol. The van der Waals surface area contributed by atoms with Crippen LogP contribution in [-0.4, -0.2) is 30.0 Å². The Kier molecular flexibility index (Phi) is 10.7. The predicted octanol–water partition coefficient (Wildman–Crippen LogP) is 6.54. The molecular weight excluding hydrogens is 538 g/mol. The summed E-state index contributed by atoms with van der Waals surface area (Å²) in [5, 5.41) is 14.4. The monoisotopic (exact) mass is 560 g/mol. The number of hydrazone groups is 1. The zero-order valence-corrected chi connectivity index (χ0v) is 22.4. The Bertz CT molecular complexity index is 1320. The molecule has 11 heteroatoms. The number of nitriles is 1. The number of aryl methyl sites for hydroxylation is 1. The second-order valence-electron chi connectivity index (χ2n) is 7.73. The maximum absolute atomic E-state index is 13.2. The number of halogens is 3. The number of methoxy groups -OCH3 is 1. The Labute approximate surface area is 227 Å². The number of amides is 1. The fraction of sp³-hybridized carbons (Fsp3) is 0.231. The normalized spacial score (nSPS) is 11.1. The van der Waals surface area contributed by atoms with Crippen molar-refractivity contribution in [1.29, 1.82) is 5.26 Å². The first-order chi connectivity index (χ1) is 17.8. The third-order valence-electron chi connectivity index (χ3n) is 5.03. The van der Waals surface area contributed by atoms with Crippen molar-refractivity contribution in [3.8, 4) is 11.8 Å². The molecule has 0 bridgehead atoms. The summed E-state index contributed by atoms with van der Waals surface area (Å²) in [7, 11) is 1.53. The minimum atomic E-state index is -2.73. The van der Waals surface area contributed by atoms with E-state index in [2.05, 4.69) is 15.5 Å². The van der Waals surface area contributed by atoms with Crippen LogP contribution in [0, 0.1) is 18.3 Å². The topological polar surface area (TPSA) is 87.4 Å². The minimum absolute atomic E-state index is 0.233. The molecule has 6 nitrogen and oxygen atoms in total. The third kappa shape index (κ3) is 8.45. The third-order valence-corrected chi connectivity index (χ3v) is 7.31. The van der Waals surface area contributed by atoms with Crippen molar-refractivity contribution in [3.05, 3.63) is 87.1 Å². The number of rotatable bonds is 11. The van der Waals surface area contributed by atoms with Crippen LogP contribution in [0.3, 0.4) is 0 Å². The zero-order chi connectivity index (χ0) is 26.8. The number of carbonyl (C=O) groups is 1. The number of alkyl halides is 2. The van der Waals surface area contributed by atoms with Gasteiger partial charge in [0.05, 0.1) is 24.6 Å². The molecule has 0 unspecified atom stereocenters. The molecule has 1 aromatic heterocycles. The first-order valence-electron chi connectivity index (χ1n) is 10.9. The number of aromatic nitrogens is 1. The SMILES string of the molecule is COc1ccc(/C=N\NC(=O)CSCc2ccc(Cl)cc2)cc1CSc1nc(C(F)F)cc(C)c1C#N. The van der Waals surface area contributed by atoms with Gasteiger partial charge in [0.2, 0.25) is 5.91 Å². The quantitative estimate of drug-likeness (QED) is 0.163. The molecule has 192 valence electrons. The molecule has 2 aromatic carbocycles. The highest BCUT2D eigenvalue weighted by molar-refractivity contribution is 7.99. The van der Waals surface area contributed by atoms with Crippen molar-refractivity contribution in [2.45, 2.75) is 29.9 Å². The molecule has 0 spiro atoms. The van der Waals surface area contributed by atoms with Crippen molar-refractivity contribution < 1.29 is 18.3 Å². The molecular formula is C26H23ClF2N4O2S2. The summed E-state index contributed by atoms with van der Waals surface area (Å²) in [4.78, 5) is 16.1. The van der Waals surface area contributed by atoms with E-state index in [9.17, 15) is 18.8 Å². The molecule has 0 aliphatic rings. The first kappa shape index (κ1) is 28.4. The Morgan fingerprint density at radius 1 is 1.24 bits per heavy atom. The van der Waals surface area contributed by atoms with E-state index < -0.39 is 6.43 Å². The van der Waals surface area contributed by atoms with Crippen LogP contribution in [0.15, 0.2) is 58.7 Å². The fourth-order valence-corrected chi connectivity index (χ4v) is 5.16. The van der Waals surface area contributed by atoms with E-state index in [0.717, 1.165) is 11.1 Å². The number of benzene rings is 2. The Hall–Kier alpha value is -3.13. The van der Waals surface area contributed by atoms with Gasteiger partial charge in [-0.15, -0.1) is 23.5 Å². The molecule has 1 amide bonds. The van der Waals surface area contributed by atoms with Crippen molar-refractivity contribution in [2.24, 2.45) is 5.10 Å². The summed E-state index contributed by atoms with van der Waals surface area (Å²) < 4.78 is 31.8. The highest BCUT2D eigenvalue weighted by atomic mass is 35.5. The van der Waals surface area contributed by atoms with E-state index in [1.54, 1.807) is 19.1 Å². The number of nitrogens with zero attached hydrogens (tertiary/aromatic N) is 3. The van der Waals surface area contributed by atoms with Crippen LogP contribution < -0.4 is 10.2 Å². The Morgan fingerprint density at radius 3 is 2.68 bits per heavy atom. The number of hydrogen-bond acceptors (Lipinski definition) is 7.